The molecule has 0 atom stereocenters. The summed E-state index contributed by atoms with van der Waals surface area (Å²) in [6, 6.07) is 8.03. The zero-order valence-corrected chi connectivity index (χ0v) is 10.7. The summed E-state index contributed by atoms with van der Waals surface area (Å²) in [6.07, 6.45) is 0. The Hall–Kier alpha value is -1.46. The number of fused-ring (bicyclic) bond motifs is 1. The third-order valence-corrected chi connectivity index (χ3v) is 3.39. The van der Waals surface area contributed by atoms with Crippen LogP contribution in [0.1, 0.15) is 5.01 Å². The standard InChI is InChI=1S/C12H14N2O2S/c1-14(8-12(15)16-2)7-11-13-9-5-3-4-6-10(9)17-11/h3-6H,7-8H2,1-2H3. The second-order valence-electron chi connectivity index (χ2n) is 3.82. The SMILES string of the molecule is COC(=O)CN(C)Cc1nc2ccccc2s1. The first-order chi connectivity index (χ1) is 8.19. The first-order valence-corrected chi connectivity index (χ1v) is 6.10. The summed E-state index contributed by atoms with van der Waals surface area (Å²) in [5.74, 6) is -0.228. The lowest BCUT2D eigenvalue weighted by atomic mass is 10.3. The van der Waals surface area contributed by atoms with Gasteiger partial charge in [-0.15, -0.1) is 11.3 Å². The Bertz CT molecular complexity index is 491. The number of benzene rings is 1. The van der Waals surface area contributed by atoms with Crippen LogP contribution in [0.25, 0.3) is 10.2 Å². The Morgan fingerprint density at radius 2 is 2.24 bits per heavy atom. The van der Waals surface area contributed by atoms with Gasteiger partial charge < -0.3 is 4.74 Å². The van der Waals surface area contributed by atoms with E-state index in [0.717, 1.165) is 10.5 Å². The fourth-order valence-electron chi connectivity index (χ4n) is 1.56. The van der Waals surface area contributed by atoms with Crippen molar-refractivity contribution in [3.63, 3.8) is 0 Å². The number of ether oxygens (including phenoxy) is 1. The largest absolute Gasteiger partial charge is 0.468 e. The van der Waals surface area contributed by atoms with Crippen LogP contribution in [0, 0.1) is 0 Å². The van der Waals surface area contributed by atoms with Crippen LogP contribution in [0.4, 0.5) is 0 Å². The smallest absolute Gasteiger partial charge is 0.319 e. The molecule has 0 saturated carbocycles. The van der Waals surface area contributed by atoms with E-state index in [1.165, 1.54) is 11.8 Å². The number of para-hydroxylation sites is 1. The van der Waals surface area contributed by atoms with Gasteiger partial charge in [0.1, 0.15) is 5.01 Å². The fourth-order valence-corrected chi connectivity index (χ4v) is 2.61. The van der Waals surface area contributed by atoms with Crippen molar-refractivity contribution in [3.8, 4) is 0 Å². The topological polar surface area (TPSA) is 42.4 Å². The monoisotopic (exact) mass is 250 g/mol. The van der Waals surface area contributed by atoms with E-state index in [0.29, 0.717) is 6.54 Å². The number of aromatic nitrogens is 1. The van der Waals surface area contributed by atoms with Crippen LogP contribution in [0.2, 0.25) is 0 Å². The van der Waals surface area contributed by atoms with Crippen molar-refractivity contribution in [3.05, 3.63) is 29.3 Å². The molecule has 0 N–H and O–H groups in total. The summed E-state index contributed by atoms with van der Waals surface area (Å²) in [5, 5.41) is 1.01. The van der Waals surface area contributed by atoms with Crippen LogP contribution in [-0.4, -0.2) is 36.6 Å². The molecule has 0 spiro atoms. The van der Waals surface area contributed by atoms with Crippen LogP contribution < -0.4 is 0 Å². The number of esters is 1. The summed E-state index contributed by atoms with van der Waals surface area (Å²) < 4.78 is 5.79. The van der Waals surface area contributed by atoms with E-state index in [4.69, 9.17) is 0 Å². The van der Waals surface area contributed by atoms with E-state index >= 15 is 0 Å². The molecule has 0 amide bonds. The van der Waals surface area contributed by atoms with E-state index in [1.807, 2.05) is 30.1 Å². The van der Waals surface area contributed by atoms with Crippen molar-refractivity contribution in [1.82, 2.24) is 9.88 Å². The number of methoxy groups -OCH3 is 1. The maximum atomic E-state index is 11.1. The average Bonchev–Trinajstić information content (AvgIpc) is 2.70. The molecule has 0 radical (unpaired) electrons. The van der Waals surface area contributed by atoms with Crippen molar-refractivity contribution in [2.45, 2.75) is 6.54 Å². The molecule has 90 valence electrons. The predicted molar refractivity (Wildman–Crippen MR) is 68.0 cm³/mol. The number of nitrogens with zero attached hydrogens (tertiary/aromatic N) is 2. The average molecular weight is 250 g/mol. The highest BCUT2D eigenvalue weighted by Crippen LogP contribution is 2.22. The van der Waals surface area contributed by atoms with E-state index in [9.17, 15) is 4.79 Å². The van der Waals surface area contributed by atoms with Gasteiger partial charge in [-0.1, -0.05) is 12.1 Å². The Balaban J connectivity index is 2.05. The summed E-state index contributed by atoms with van der Waals surface area (Å²) in [4.78, 5) is 17.5. The van der Waals surface area contributed by atoms with Gasteiger partial charge in [0.05, 0.1) is 30.4 Å². The Kier molecular flexibility index (Phi) is 3.71. The molecule has 1 heterocycles. The number of rotatable bonds is 4. The fraction of sp³-hybridized carbons (Fsp3) is 0.333. The second kappa shape index (κ2) is 5.25. The molecule has 4 nitrogen and oxygen atoms in total. The summed E-state index contributed by atoms with van der Waals surface area (Å²) in [6.45, 7) is 0.945. The molecule has 0 aliphatic heterocycles. The first-order valence-electron chi connectivity index (χ1n) is 5.29. The first kappa shape index (κ1) is 12.0. The van der Waals surface area contributed by atoms with Gasteiger partial charge in [-0.3, -0.25) is 9.69 Å². The minimum atomic E-state index is -0.228. The van der Waals surface area contributed by atoms with Gasteiger partial charge in [0.25, 0.3) is 0 Å². The number of hydrogen-bond acceptors (Lipinski definition) is 5. The highest BCUT2D eigenvalue weighted by molar-refractivity contribution is 7.18. The molecular weight excluding hydrogens is 236 g/mol. The number of likely N-dealkylation sites (N-methyl/N-ethyl adjacent to an activating group) is 1. The van der Waals surface area contributed by atoms with Gasteiger partial charge in [-0.2, -0.15) is 0 Å². The van der Waals surface area contributed by atoms with Gasteiger partial charge in [-0.05, 0) is 19.2 Å². The Labute approximate surface area is 104 Å². The quantitative estimate of drug-likeness (QED) is 0.777. The van der Waals surface area contributed by atoms with E-state index in [1.54, 1.807) is 11.3 Å². The normalized spacial score (nSPS) is 11.0. The van der Waals surface area contributed by atoms with Crippen LogP contribution >= 0.6 is 11.3 Å². The van der Waals surface area contributed by atoms with Gasteiger partial charge >= 0.3 is 5.97 Å². The zero-order chi connectivity index (χ0) is 12.3. The molecule has 2 rings (SSSR count). The maximum absolute atomic E-state index is 11.1. The van der Waals surface area contributed by atoms with Crippen LogP contribution in [0.3, 0.4) is 0 Å². The summed E-state index contributed by atoms with van der Waals surface area (Å²) >= 11 is 1.66. The minimum absolute atomic E-state index is 0.228. The van der Waals surface area contributed by atoms with Gasteiger partial charge in [0.15, 0.2) is 0 Å². The molecular formula is C12H14N2O2S. The molecule has 0 aliphatic carbocycles. The lowest BCUT2D eigenvalue weighted by Crippen LogP contribution is -2.26. The van der Waals surface area contributed by atoms with Crippen LogP contribution in [0.5, 0.6) is 0 Å². The minimum Gasteiger partial charge on any atom is -0.468 e. The highest BCUT2D eigenvalue weighted by atomic mass is 32.1. The Morgan fingerprint density at radius 1 is 1.47 bits per heavy atom. The van der Waals surface area contributed by atoms with Gasteiger partial charge in [0, 0.05) is 0 Å². The molecule has 2 aromatic rings. The summed E-state index contributed by atoms with van der Waals surface area (Å²) in [7, 11) is 3.27. The van der Waals surface area contributed by atoms with Gasteiger partial charge in [-0.25, -0.2) is 4.98 Å². The lowest BCUT2D eigenvalue weighted by molar-refractivity contribution is -0.141. The van der Waals surface area contributed by atoms with Crippen molar-refractivity contribution in [1.29, 1.82) is 0 Å². The number of carbonyl (C=O) groups is 1. The van der Waals surface area contributed by atoms with Crippen LogP contribution in [0.15, 0.2) is 24.3 Å². The Morgan fingerprint density at radius 3 is 2.94 bits per heavy atom. The molecule has 0 unspecified atom stereocenters. The lowest BCUT2D eigenvalue weighted by Gasteiger charge is -2.12. The molecule has 5 heteroatoms. The third kappa shape index (κ3) is 3.01. The van der Waals surface area contributed by atoms with E-state index in [2.05, 4.69) is 15.8 Å². The van der Waals surface area contributed by atoms with Gasteiger partial charge in [0.2, 0.25) is 0 Å². The van der Waals surface area contributed by atoms with E-state index < -0.39 is 0 Å². The zero-order valence-electron chi connectivity index (χ0n) is 9.84. The van der Waals surface area contributed by atoms with Crippen molar-refractivity contribution >= 4 is 27.5 Å². The van der Waals surface area contributed by atoms with Crippen molar-refractivity contribution < 1.29 is 9.53 Å². The third-order valence-electron chi connectivity index (χ3n) is 2.37. The molecule has 0 fully saturated rings. The molecule has 0 bridgehead atoms. The molecule has 0 saturated heterocycles. The summed E-state index contributed by atoms with van der Waals surface area (Å²) in [5.41, 5.74) is 1.01. The molecule has 17 heavy (non-hydrogen) atoms. The maximum Gasteiger partial charge on any atom is 0.319 e. The predicted octanol–water partition coefficient (Wildman–Crippen LogP) is 1.90. The number of carbonyl (C=O) groups excluding carboxylic acids is 1. The van der Waals surface area contributed by atoms with Crippen LogP contribution in [-0.2, 0) is 16.1 Å². The molecule has 1 aromatic carbocycles. The molecule has 1 aromatic heterocycles. The second-order valence-corrected chi connectivity index (χ2v) is 4.94. The van der Waals surface area contributed by atoms with E-state index in [-0.39, 0.29) is 12.5 Å². The highest BCUT2D eigenvalue weighted by Gasteiger charge is 2.09. The molecule has 0 aliphatic rings. The van der Waals surface area contributed by atoms with Crippen molar-refractivity contribution in [2.75, 3.05) is 20.7 Å². The number of hydrogen-bond donors (Lipinski definition) is 0. The number of thiazole rings is 1. The van der Waals surface area contributed by atoms with Crippen molar-refractivity contribution in [2.24, 2.45) is 0 Å².